The fourth-order valence-electron chi connectivity index (χ4n) is 4.22. The maximum atomic E-state index is 13.3. The topological polar surface area (TPSA) is 66.8 Å². The van der Waals surface area contributed by atoms with Gasteiger partial charge in [0.15, 0.2) is 0 Å². The second-order valence-electron chi connectivity index (χ2n) is 8.51. The van der Waals surface area contributed by atoms with Gasteiger partial charge in [-0.3, -0.25) is 14.5 Å². The van der Waals surface area contributed by atoms with Crippen LogP contribution in [0.25, 0.3) is 5.76 Å². The number of ether oxygens (including phenoxy) is 1. The van der Waals surface area contributed by atoms with E-state index in [4.69, 9.17) is 27.9 Å². The van der Waals surface area contributed by atoms with Crippen LogP contribution in [-0.4, -0.2) is 23.4 Å². The molecule has 0 aliphatic carbocycles. The Hall–Kier alpha value is -3.28. The Bertz CT molecular complexity index is 1350. The summed E-state index contributed by atoms with van der Waals surface area (Å²) in [5.74, 6) is -1.07. The van der Waals surface area contributed by atoms with Gasteiger partial charge in [-0.05, 0) is 67.8 Å². The van der Waals surface area contributed by atoms with E-state index < -0.39 is 17.7 Å². The highest BCUT2D eigenvalue weighted by Gasteiger charge is 2.47. The molecule has 1 aliphatic heterocycles. The van der Waals surface area contributed by atoms with E-state index in [1.165, 1.54) is 4.90 Å². The summed E-state index contributed by atoms with van der Waals surface area (Å²) in [6.07, 6.45) is 0.871. The average Bonchev–Trinajstić information content (AvgIpc) is 3.10. The van der Waals surface area contributed by atoms with Gasteiger partial charge in [0, 0.05) is 11.3 Å². The highest BCUT2D eigenvalue weighted by Crippen LogP contribution is 2.43. The first-order chi connectivity index (χ1) is 16.7. The molecular formula is C28H25Cl2NO4. The number of aliphatic hydroxyl groups excluding tert-OH is 1. The van der Waals surface area contributed by atoms with E-state index in [-0.39, 0.29) is 16.4 Å². The van der Waals surface area contributed by atoms with Crippen LogP contribution >= 0.6 is 23.2 Å². The maximum Gasteiger partial charge on any atom is 0.300 e. The largest absolute Gasteiger partial charge is 0.507 e. The Morgan fingerprint density at radius 1 is 1.00 bits per heavy atom. The van der Waals surface area contributed by atoms with Crippen molar-refractivity contribution in [3.63, 3.8) is 0 Å². The van der Waals surface area contributed by atoms with E-state index in [9.17, 15) is 14.7 Å². The average molecular weight is 510 g/mol. The van der Waals surface area contributed by atoms with Gasteiger partial charge in [0.2, 0.25) is 0 Å². The van der Waals surface area contributed by atoms with Crippen LogP contribution in [-0.2, 0) is 9.59 Å². The second-order valence-corrected chi connectivity index (χ2v) is 9.32. The maximum absolute atomic E-state index is 13.3. The number of Topliss-reactive ketones (excluding diaryl/α,β-unsaturated/α-hetero) is 1. The number of halogens is 2. The van der Waals surface area contributed by atoms with Crippen LogP contribution in [0, 0.1) is 13.8 Å². The van der Waals surface area contributed by atoms with E-state index in [1.54, 1.807) is 36.4 Å². The molecule has 1 saturated heterocycles. The number of ketones is 1. The third-order valence-corrected chi connectivity index (χ3v) is 6.63. The van der Waals surface area contributed by atoms with Gasteiger partial charge < -0.3 is 9.84 Å². The molecule has 0 bridgehead atoms. The summed E-state index contributed by atoms with van der Waals surface area (Å²) < 4.78 is 5.73. The number of hydrogen-bond donors (Lipinski definition) is 1. The molecule has 1 aliphatic rings. The molecule has 7 heteroatoms. The van der Waals surface area contributed by atoms with Gasteiger partial charge in [0.25, 0.3) is 11.7 Å². The van der Waals surface area contributed by atoms with Gasteiger partial charge in [-0.25, -0.2) is 0 Å². The Morgan fingerprint density at radius 3 is 2.43 bits per heavy atom. The third-order valence-electron chi connectivity index (χ3n) is 5.89. The highest BCUT2D eigenvalue weighted by molar-refractivity contribution is 6.52. The predicted octanol–water partition coefficient (Wildman–Crippen LogP) is 7.03. The van der Waals surface area contributed by atoms with Crippen molar-refractivity contribution in [3.8, 4) is 5.75 Å². The van der Waals surface area contributed by atoms with E-state index in [1.807, 2.05) is 45.0 Å². The lowest BCUT2D eigenvalue weighted by molar-refractivity contribution is -0.132. The minimum absolute atomic E-state index is 0.00768. The number of amides is 1. The summed E-state index contributed by atoms with van der Waals surface area (Å²) >= 11 is 12.3. The molecule has 1 unspecified atom stereocenters. The van der Waals surface area contributed by atoms with Crippen molar-refractivity contribution >= 4 is 46.3 Å². The summed E-state index contributed by atoms with van der Waals surface area (Å²) in [5, 5.41) is 11.9. The Morgan fingerprint density at radius 2 is 1.77 bits per heavy atom. The van der Waals surface area contributed by atoms with E-state index in [0.717, 1.165) is 17.5 Å². The molecule has 35 heavy (non-hydrogen) atoms. The number of carbonyl (C=O) groups is 2. The minimum atomic E-state index is -0.844. The first-order valence-electron chi connectivity index (χ1n) is 11.3. The van der Waals surface area contributed by atoms with Crippen molar-refractivity contribution in [2.45, 2.75) is 33.2 Å². The van der Waals surface area contributed by atoms with Crippen LogP contribution in [0.4, 0.5) is 5.69 Å². The first kappa shape index (κ1) is 24.8. The molecule has 0 saturated carbocycles. The van der Waals surface area contributed by atoms with Gasteiger partial charge >= 0.3 is 0 Å². The van der Waals surface area contributed by atoms with Crippen molar-refractivity contribution in [1.82, 2.24) is 0 Å². The summed E-state index contributed by atoms with van der Waals surface area (Å²) in [4.78, 5) is 28.0. The molecule has 1 fully saturated rings. The number of anilines is 1. The number of aliphatic hydroxyl groups is 1. The lowest BCUT2D eigenvalue weighted by atomic mass is 9.94. The fraction of sp³-hybridized carbons (Fsp3) is 0.214. The molecule has 3 aromatic carbocycles. The molecule has 1 heterocycles. The van der Waals surface area contributed by atoms with Crippen molar-refractivity contribution < 1.29 is 19.4 Å². The zero-order chi connectivity index (χ0) is 25.3. The van der Waals surface area contributed by atoms with Crippen molar-refractivity contribution in [1.29, 1.82) is 0 Å². The van der Waals surface area contributed by atoms with Crippen LogP contribution in [0.3, 0.4) is 0 Å². The number of hydrogen-bond acceptors (Lipinski definition) is 4. The van der Waals surface area contributed by atoms with E-state index >= 15 is 0 Å². The lowest BCUT2D eigenvalue weighted by Crippen LogP contribution is -2.29. The molecule has 1 atom stereocenters. The van der Waals surface area contributed by atoms with Crippen LogP contribution < -0.4 is 9.64 Å². The standard InChI is InChI=1S/C28H25Cl2NO4/c1-4-12-35-23-11-8-19(14-17(23)3)26(32)24-25(18-7-5-6-16(2)13-18)31(28(34)27(24)33)20-9-10-21(29)22(30)15-20/h5-11,13-15,25,32H,4,12H2,1-3H3/b26-24+. The second kappa shape index (κ2) is 10.1. The van der Waals surface area contributed by atoms with Crippen LogP contribution in [0.1, 0.15) is 41.6 Å². The van der Waals surface area contributed by atoms with Crippen LogP contribution in [0.15, 0.2) is 66.2 Å². The molecule has 1 N–H and O–H groups in total. The number of aryl methyl sites for hydroxylation is 2. The molecule has 3 aromatic rings. The zero-order valence-corrected chi connectivity index (χ0v) is 21.2. The molecule has 1 amide bonds. The summed E-state index contributed by atoms with van der Waals surface area (Å²) in [7, 11) is 0. The fourth-order valence-corrected chi connectivity index (χ4v) is 4.51. The molecule has 180 valence electrons. The number of benzene rings is 3. The van der Waals surface area contributed by atoms with Gasteiger partial charge in [-0.15, -0.1) is 0 Å². The van der Waals surface area contributed by atoms with Gasteiger partial charge in [-0.1, -0.05) is 60.0 Å². The Balaban J connectivity index is 1.89. The smallest absolute Gasteiger partial charge is 0.300 e. The summed E-state index contributed by atoms with van der Waals surface area (Å²) in [5.41, 5.74) is 3.30. The Labute approximate surface area is 214 Å². The highest BCUT2D eigenvalue weighted by atomic mass is 35.5. The number of nitrogens with zero attached hydrogens (tertiary/aromatic N) is 1. The van der Waals surface area contributed by atoms with Crippen molar-refractivity contribution in [2.75, 3.05) is 11.5 Å². The monoisotopic (exact) mass is 509 g/mol. The lowest BCUT2D eigenvalue weighted by Gasteiger charge is -2.26. The number of carbonyl (C=O) groups excluding carboxylic acids is 2. The summed E-state index contributed by atoms with van der Waals surface area (Å²) in [6.45, 7) is 6.39. The van der Waals surface area contributed by atoms with Crippen molar-refractivity contribution in [2.24, 2.45) is 0 Å². The SMILES string of the molecule is CCCOc1ccc(/C(O)=C2\C(=O)C(=O)N(c3ccc(Cl)c(Cl)c3)C2c2cccc(C)c2)cc1C. The van der Waals surface area contributed by atoms with Gasteiger partial charge in [0.05, 0.1) is 28.3 Å². The van der Waals surface area contributed by atoms with E-state index in [2.05, 4.69) is 0 Å². The number of rotatable bonds is 6. The van der Waals surface area contributed by atoms with Crippen molar-refractivity contribution in [3.05, 3.63) is 98.5 Å². The van der Waals surface area contributed by atoms with Crippen LogP contribution in [0.5, 0.6) is 5.75 Å². The quantitative estimate of drug-likeness (QED) is 0.220. The molecule has 0 spiro atoms. The minimum Gasteiger partial charge on any atom is -0.507 e. The molecule has 4 rings (SSSR count). The molecule has 0 aromatic heterocycles. The van der Waals surface area contributed by atoms with Gasteiger partial charge in [0.1, 0.15) is 11.5 Å². The third kappa shape index (κ3) is 4.79. The summed E-state index contributed by atoms with van der Waals surface area (Å²) in [6, 6.07) is 16.6. The van der Waals surface area contributed by atoms with Gasteiger partial charge in [-0.2, -0.15) is 0 Å². The molecular weight excluding hydrogens is 485 g/mol. The molecule has 5 nitrogen and oxygen atoms in total. The Kier molecular flexibility index (Phi) is 7.20. The normalized spacial score (nSPS) is 17.2. The predicted molar refractivity (Wildman–Crippen MR) is 139 cm³/mol. The zero-order valence-electron chi connectivity index (χ0n) is 19.6. The van der Waals surface area contributed by atoms with E-state index in [0.29, 0.717) is 34.2 Å². The molecule has 0 radical (unpaired) electrons. The van der Waals surface area contributed by atoms with Crippen LogP contribution in [0.2, 0.25) is 10.0 Å². The first-order valence-corrected chi connectivity index (χ1v) is 12.0.